The third-order valence-corrected chi connectivity index (χ3v) is 5.40. The van der Waals surface area contributed by atoms with Gasteiger partial charge in [-0.15, -0.1) is 5.10 Å². The summed E-state index contributed by atoms with van der Waals surface area (Å²) in [5.74, 6) is 0.495. The van der Waals surface area contributed by atoms with Crippen LogP contribution in [0.4, 0.5) is 10.7 Å². The number of H-pyrrole nitrogens is 1. The van der Waals surface area contributed by atoms with Crippen molar-refractivity contribution in [3.63, 3.8) is 0 Å². The van der Waals surface area contributed by atoms with Gasteiger partial charge in [0.05, 0.1) is 5.02 Å². The number of hydrogen-bond donors (Lipinski definition) is 3. The molecule has 0 saturated carbocycles. The quantitative estimate of drug-likeness (QED) is 0.603. The molecule has 0 unspecified atom stereocenters. The van der Waals surface area contributed by atoms with Crippen molar-refractivity contribution < 1.29 is 13.2 Å². The van der Waals surface area contributed by atoms with E-state index in [1.165, 1.54) is 18.2 Å². The molecule has 3 rings (SSSR count). The molecular weight excluding hydrogens is 390 g/mol. The standard InChI is InChI=1S/C17H16ClN5O3S/c1-11-5-4-6-12(9-11)10-15-19-16(22-21-15)20-17(24)23-27(25,26)14-8-3-2-7-13(14)18/h2-9H,10H2,1H3,(H3,19,20,21,22,23,24). The minimum Gasteiger partial charge on any atom is -0.274 e. The zero-order valence-electron chi connectivity index (χ0n) is 14.2. The maximum absolute atomic E-state index is 12.2. The highest BCUT2D eigenvalue weighted by molar-refractivity contribution is 7.90. The topological polar surface area (TPSA) is 117 Å². The van der Waals surface area contributed by atoms with E-state index in [4.69, 9.17) is 11.6 Å². The number of aromatic nitrogens is 3. The summed E-state index contributed by atoms with van der Waals surface area (Å²) in [6, 6.07) is 12.7. The number of rotatable bonds is 5. The number of anilines is 1. The average Bonchev–Trinajstić information content (AvgIpc) is 3.01. The lowest BCUT2D eigenvalue weighted by Gasteiger charge is -2.07. The van der Waals surface area contributed by atoms with Crippen molar-refractivity contribution >= 4 is 33.6 Å². The minimum absolute atomic E-state index is 0.0103. The number of nitrogens with one attached hydrogen (secondary N) is 3. The van der Waals surface area contributed by atoms with Gasteiger partial charge in [-0.25, -0.2) is 17.9 Å². The number of nitrogens with zero attached hydrogens (tertiary/aromatic N) is 2. The third-order valence-electron chi connectivity index (χ3n) is 3.56. The molecular formula is C17H16ClN5O3S. The fourth-order valence-electron chi connectivity index (χ4n) is 2.41. The maximum Gasteiger partial charge on any atom is 0.335 e. The zero-order valence-corrected chi connectivity index (χ0v) is 15.8. The van der Waals surface area contributed by atoms with Gasteiger partial charge in [0.2, 0.25) is 5.95 Å². The molecule has 27 heavy (non-hydrogen) atoms. The van der Waals surface area contributed by atoms with E-state index in [1.807, 2.05) is 35.9 Å². The number of benzene rings is 2. The van der Waals surface area contributed by atoms with Crippen LogP contribution in [0, 0.1) is 6.92 Å². The molecule has 0 aliphatic heterocycles. The van der Waals surface area contributed by atoms with Crippen LogP contribution in [0.25, 0.3) is 0 Å². The number of carbonyl (C=O) groups excluding carboxylic acids is 1. The Hall–Kier alpha value is -2.91. The number of urea groups is 1. The Labute approximate surface area is 161 Å². The summed E-state index contributed by atoms with van der Waals surface area (Å²) in [4.78, 5) is 15.9. The van der Waals surface area contributed by atoms with Crippen LogP contribution in [-0.4, -0.2) is 29.6 Å². The number of aryl methyl sites for hydroxylation is 1. The first-order chi connectivity index (χ1) is 12.8. The van der Waals surface area contributed by atoms with Gasteiger partial charge in [0.25, 0.3) is 10.0 Å². The second-order valence-electron chi connectivity index (χ2n) is 5.76. The number of sulfonamides is 1. The van der Waals surface area contributed by atoms with Crippen LogP contribution in [0.15, 0.2) is 53.4 Å². The Bertz CT molecular complexity index is 1080. The molecule has 3 aromatic rings. The molecule has 8 nitrogen and oxygen atoms in total. The lowest BCUT2D eigenvalue weighted by Crippen LogP contribution is -2.34. The number of amides is 2. The minimum atomic E-state index is -4.12. The number of carbonyl (C=O) groups is 1. The molecule has 0 atom stereocenters. The molecule has 0 spiro atoms. The molecule has 2 amide bonds. The number of halogens is 1. The molecule has 1 aromatic heterocycles. The second-order valence-corrected chi connectivity index (χ2v) is 7.82. The summed E-state index contributed by atoms with van der Waals surface area (Å²) >= 11 is 5.86. The largest absolute Gasteiger partial charge is 0.335 e. The predicted molar refractivity (Wildman–Crippen MR) is 101 cm³/mol. The van der Waals surface area contributed by atoms with Gasteiger partial charge in [0.15, 0.2) is 0 Å². The van der Waals surface area contributed by atoms with E-state index in [0.29, 0.717) is 12.2 Å². The van der Waals surface area contributed by atoms with Gasteiger partial charge in [-0.1, -0.05) is 53.6 Å². The van der Waals surface area contributed by atoms with E-state index < -0.39 is 16.1 Å². The van der Waals surface area contributed by atoms with Crippen molar-refractivity contribution in [3.05, 3.63) is 70.5 Å². The SMILES string of the molecule is Cc1cccc(Cc2nc(NC(=O)NS(=O)(=O)c3ccccc3Cl)n[nH]2)c1. The summed E-state index contributed by atoms with van der Waals surface area (Å²) in [6.07, 6.45) is 0.496. The second kappa shape index (κ2) is 7.77. The van der Waals surface area contributed by atoms with Gasteiger partial charge in [0.1, 0.15) is 10.7 Å². The zero-order chi connectivity index (χ0) is 19.4. The highest BCUT2D eigenvalue weighted by Gasteiger charge is 2.21. The fraction of sp³-hybridized carbons (Fsp3) is 0.118. The Morgan fingerprint density at radius 2 is 1.96 bits per heavy atom. The van der Waals surface area contributed by atoms with Gasteiger partial charge in [-0.3, -0.25) is 10.4 Å². The van der Waals surface area contributed by atoms with E-state index in [0.717, 1.165) is 11.1 Å². The molecule has 140 valence electrons. The summed E-state index contributed by atoms with van der Waals surface area (Å²) < 4.78 is 26.3. The van der Waals surface area contributed by atoms with E-state index in [2.05, 4.69) is 20.5 Å². The van der Waals surface area contributed by atoms with Crippen LogP contribution in [0.1, 0.15) is 17.0 Å². The fourth-order valence-corrected chi connectivity index (χ4v) is 3.84. The Kier molecular flexibility index (Phi) is 5.43. The normalized spacial score (nSPS) is 11.2. The molecule has 0 aliphatic rings. The number of hydrogen-bond acceptors (Lipinski definition) is 5. The Morgan fingerprint density at radius 1 is 1.19 bits per heavy atom. The van der Waals surface area contributed by atoms with Crippen molar-refractivity contribution in [1.82, 2.24) is 19.9 Å². The predicted octanol–water partition coefficient (Wildman–Crippen LogP) is 2.87. The Morgan fingerprint density at radius 3 is 2.70 bits per heavy atom. The van der Waals surface area contributed by atoms with Crippen molar-refractivity contribution in [2.24, 2.45) is 0 Å². The number of aromatic amines is 1. The maximum atomic E-state index is 12.2. The monoisotopic (exact) mass is 405 g/mol. The molecule has 0 aliphatic carbocycles. The van der Waals surface area contributed by atoms with Crippen LogP contribution in [0.3, 0.4) is 0 Å². The van der Waals surface area contributed by atoms with E-state index in [9.17, 15) is 13.2 Å². The first kappa shape index (κ1) is 18.9. The molecule has 10 heteroatoms. The van der Waals surface area contributed by atoms with Crippen LogP contribution >= 0.6 is 11.6 Å². The van der Waals surface area contributed by atoms with Gasteiger partial charge in [-0.2, -0.15) is 4.98 Å². The van der Waals surface area contributed by atoms with Gasteiger partial charge in [-0.05, 0) is 24.6 Å². The van der Waals surface area contributed by atoms with Crippen LogP contribution in [0.5, 0.6) is 0 Å². The van der Waals surface area contributed by atoms with E-state index in [1.54, 1.807) is 6.07 Å². The van der Waals surface area contributed by atoms with Crippen LogP contribution in [0.2, 0.25) is 5.02 Å². The first-order valence-corrected chi connectivity index (χ1v) is 9.75. The molecule has 1 heterocycles. The lowest BCUT2D eigenvalue weighted by molar-refractivity contribution is 0.256. The van der Waals surface area contributed by atoms with Gasteiger partial charge >= 0.3 is 6.03 Å². The van der Waals surface area contributed by atoms with Crippen molar-refractivity contribution in [2.45, 2.75) is 18.2 Å². The summed E-state index contributed by atoms with van der Waals surface area (Å²) in [5, 5.41) is 8.86. The first-order valence-electron chi connectivity index (χ1n) is 7.88. The van der Waals surface area contributed by atoms with Crippen LogP contribution in [-0.2, 0) is 16.4 Å². The molecule has 0 fully saturated rings. The smallest absolute Gasteiger partial charge is 0.274 e. The molecule has 0 saturated heterocycles. The molecule has 2 aromatic carbocycles. The van der Waals surface area contributed by atoms with Crippen molar-refractivity contribution in [3.8, 4) is 0 Å². The highest BCUT2D eigenvalue weighted by Crippen LogP contribution is 2.20. The van der Waals surface area contributed by atoms with Crippen molar-refractivity contribution in [1.29, 1.82) is 0 Å². The summed E-state index contributed by atoms with van der Waals surface area (Å²) in [6.45, 7) is 1.99. The lowest BCUT2D eigenvalue weighted by atomic mass is 10.1. The van der Waals surface area contributed by atoms with Crippen LogP contribution < -0.4 is 10.0 Å². The molecule has 0 radical (unpaired) electrons. The average molecular weight is 406 g/mol. The van der Waals surface area contributed by atoms with Gasteiger partial charge < -0.3 is 0 Å². The summed E-state index contributed by atoms with van der Waals surface area (Å²) in [5.41, 5.74) is 2.15. The summed E-state index contributed by atoms with van der Waals surface area (Å²) in [7, 11) is -4.12. The molecule has 3 N–H and O–H groups in total. The van der Waals surface area contributed by atoms with Gasteiger partial charge in [0, 0.05) is 6.42 Å². The third kappa shape index (κ3) is 4.83. The molecule has 0 bridgehead atoms. The van der Waals surface area contributed by atoms with Crippen molar-refractivity contribution in [2.75, 3.05) is 5.32 Å². The Balaban J connectivity index is 1.65. The highest BCUT2D eigenvalue weighted by atomic mass is 35.5. The van der Waals surface area contributed by atoms with E-state index in [-0.39, 0.29) is 15.9 Å². The van der Waals surface area contributed by atoms with E-state index >= 15 is 0 Å².